The fraction of sp³-hybridized carbons (Fsp3) is 0.233. The zero-order valence-electron chi connectivity index (χ0n) is 20.9. The molecule has 1 saturated heterocycles. The molecule has 8 heteroatoms. The summed E-state index contributed by atoms with van der Waals surface area (Å²) < 4.78 is 13.7. The molecule has 0 radical (unpaired) electrons. The highest BCUT2D eigenvalue weighted by atomic mass is 32.1. The van der Waals surface area contributed by atoms with E-state index in [4.69, 9.17) is 0 Å². The molecule has 0 unspecified atom stereocenters. The zero-order valence-corrected chi connectivity index (χ0v) is 21.7. The van der Waals surface area contributed by atoms with Crippen molar-refractivity contribution in [2.45, 2.75) is 25.7 Å². The van der Waals surface area contributed by atoms with Gasteiger partial charge in [-0.2, -0.15) is 9.49 Å². The van der Waals surface area contributed by atoms with Crippen molar-refractivity contribution in [1.82, 2.24) is 30.0 Å². The molecule has 0 bridgehead atoms. The molecule has 1 aliphatic rings. The van der Waals surface area contributed by atoms with Crippen LogP contribution >= 0.6 is 11.3 Å². The lowest BCUT2D eigenvalue weighted by Crippen LogP contribution is -2.20. The molecule has 1 aliphatic heterocycles. The van der Waals surface area contributed by atoms with Gasteiger partial charge < -0.3 is 9.88 Å². The lowest BCUT2D eigenvalue weighted by Gasteiger charge is -2.14. The molecule has 0 saturated carbocycles. The van der Waals surface area contributed by atoms with Crippen molar-refractivity contribution in [2.24, 2.45) is 0 Å². The molecule has 0 atom stereocenters. The van der Waals surface area contributed by atoms with E-state index in [1.807, 2.05) is 24.5 Å². The summed E-state index contributed by atoms with van der Waals surface area (Å²) in [5.41, 5.74) is 7.87. The van der Waals surface area contributed by atoms with Crippen LogP contribution in [0.15, 0.2) is 67.1 Å². The summed E-state index contributed by atoms with van der Waals surface area (Å²) in [5.74, 6) is 0. The van der Waals surface area contributed by atoms with E-state index in [2.05, 4.69) is 60.4 Å². The van der Waals surface area contributed by atoms with Gasteiger partial charge in [0.2, 0.25) is 0 Å². The summed E-state index contributed by atoms with van der Waals surface area (Å²) in [4.78, 5) is 15.9. The van der Waals surface area contributed by atoms with Crippen LogP contribution in [0.4, 0.5) is 4.39 Å². The van der Waals surface area contributed by atoms with Crippen molar-refractivity contribution >= 4 is 33.3 Å². The lowest BCUT2D eigenvalue weighted by atomic mass is 10.0. The van der Waals surface area contributed by atoms with E-state index in [-0.39, 0.29) is 5.13 Å². The van der Waals surface area contributed by atoms with E-state index in [1.165, 1.54) is 37.6 Å². The van der Waals surface area contributed by atoms with Crippen molar-refractivity contribution in [2.75, 3.05) is 19.6 Å². The first-order chi connectivity index (χ1) is 18.7. The molecule has 190 valence electrons. The maximum absolute atomic E-state index is 13.7. The molecule has 1 fully saturated rings. The first kappa shape index (κ1) is 23.3. The topological polar surface area (TPSA) is 73.5 Å². The molecule has 1 aromatic carbocycles. The molecule has 0 aliphatic carbocycles. The van der Waals surface area contributed by atoms with Crippen LogP contribution in [-0.2, 0) is 6.42 Å². The number of aromatic amines is 2. The van der Waals surface area contributed by atoms with E-state index in [0.717, 1.165) is 85.6 Å². The molecule has 5 aromatic heterocycles. The SMILES string of the molecule is Fc1ccc(-c2ccnc3[nH]c(-c4n[nH]c5ccc(-c6cncc(CCCN7CCCC7)c6)cc45)cc23)s1. The highest BCUT2D eigenvalue weighted by molar-refractivity contribution is 7.14. The molecule has 38 heavy (non-hydrogen) atoms. The minimum atomic E-state index is -0.198. The molecular weight excluding hydrogens is 495 g/mol. The standard InChI is InChI=1S/C30H27FN6S/c31-28-8-7-27(38-28)22-9-10-33-30-23(22)16-26(34-30)29-24-15-20(5-6-25(24)35-36-29)21-14-19(17-32-18-21)4-3-13-37-11-1-2-12-37/h5-10,14-18H,1-4,11-13H2,(H,33,34)(H,35,36). The van der Waals surface area contributed by atoms with Crippen LogP contribution in [0.25, 0.3) is 54.9 Å². The number of hydrogen-bond acceptors (Lipinski definition) is 5. The normalized spacial score (nSPS) is 14.2. The Hall–Kier alpha value is -3.88. The summed E-state index contributed by atoms with van der Waals surface area (Å²) in [6.07, 6.45) is 10.5. The number of aromatic nitrogens is 5. The number of nitrogens with one attached hydrogen (secondary N) is 2. The van der Waals surface area contributed by atoms with Crippen LogP contribution in [0.1, 0.15) is 24.8 Å². The summed E-state index contributed by atoms with van der Waals surface area (Å²) >= 11 is 1.14. The number of likely N-dealkylation sites (tertiary alicyclic amines) is 1. The Kier molecular flexibility index (Phi) is 5.98. The maximum Gasteiger partial charge on any atom is 0.176 e. The third-order valence-corrected chi connectivity index (χ3v) is 8.36. The maximum atomic E-state index is 13.7. The fourth-order valence-electron chi connectivity index (χ4n) is 5.52. The van der Waals surface area contributed by atoms with Gasteiger partial charge in [0.15, 0.2) is 5.13 Å². The van der Waals surface area contributed by atoms with Crippen LogP contribution in [0.2, 0.25) is 0 Å². The fourth-order valence-corrected chi connectivity index (χ4v) is 6.29. The Morgan fingerprint density at radius 2 is 1.87 bits per heavy atom. The molecular formula is C30H27FN6S. The van der Waals surface area contributed by atoms with Crippen LogP contribution < -0.4 is 0 Å². The van der Waals surface area contributed by atoms with E-state index in [0.29, 0.717) is 0 Å². The number of thiophene rings is 1. The van der Waals surface area contributed by atoms with Gasteiger partial charge in [-0.25, -0.2) is 4.98 Å². The average molecular weight is 523 g/mol. The van der Waals surface area contributed by atoms with Gasteiger partial charge in [0.1, 0.15) is 11.3 Å². The van der Waals surface area contributed by atoms with Crippen LogP contribution in [-0.4, -0.2) is 49.7 Å². The van der Waals surface area contributed by atoms with Crippen molar-refractivity contribution in [3.05, 3.63) is 77.8 Å². The quantitative estimate of drug-likeness (QED) is 0.235. The first-order valence-corrected chi connectivity index (χ1v) is 13.9. The van der Waals surface area contributed by atoms with Gasteiger partial charge in [-0.3, -0.25) is 10.1 Å². The minimum absolute atomic E-state index is 0.198. The largest absolute Gasteiger partial charge is 0.338 e. The minimum Gasteiger partial charge on any atom is -0.338 e. The van der Waals surface area contributed by atoms with Gasteiger partial charge in [0.05, 0.1) is 11.2 Å². The first-order valence-electron chi connectivity index (χ1n) is 13.1. The van der Waals surface area contributed by atoms with Crippen molar-refractivity contribution < 1.29 is 4.39 Å². The Labute approximate surface area is 223 Å². The Morgan fingerprint density at radius 3 is 2.74 bits per heavy atom. The second kappa shape index (κ2) is 9.78. The molecule has 2 N–H and O–H groups in total. The predicted octanol–water partition coefficient (Wildman–Crippen LogP) is 7.06. The van der Waals surface area contributed by atoms with E-state index in [9.17, 15) is 4.39 Å². The number of fused-ring (bicyclic) bond motifs is 2. The molecule has 6 nitrogen and oxygen atoms in total. The highest BCUT2D eigenvalue weighted by Crippen LogP contribution is 2.36. The van der Waals surface area contributed by atoms with Crippen LogP contribution in [0.5, 0.6) is 0 Å². The van der Waals surface area contributed by atoms with Gasteiger partial charge in [0.25, 0.3) is 0 Å². The Bertz CT molecular complexity index is 1740. The Morgan fingerprint density at radius 1 is 0.947 bits per heavy atom. The summed E-state index contributed by atoms with van der Waals surface area (Å²) in [5, 5.41) is 9.58. The summed E-state index contributed by atoms with van der Waals surface area (Å²) in [6.45, 7) is 3.65. The van der Waals surface area contributed by atoms with E-state index < -0.39 is 0 Å². The zero-order chi connectivity index (χ0) is 25.5. The van der Waals surface area contributed by atoms with Gasteiger partial charge in [0, 0.05) is 45.4 Å². The van der Waals surface area contributed by atoms with Gasteiger partial charge in [-0.15, -0.1) is 11.3 Å². The third-order valence-electron chi connectivity index (χ3n) is 7.46. The second-order valence-corrected chi connectivity index (χ2v) is 11.0. The number of halogens is 1. The van der Waals surface area contributed by atoms with Crippen LogP contribution in [0.3, 0.4) is 0 Å². The number of benzene rings is 1. The van der Waals surface area contributed by atoms with Gasteiger partial charge in [-0.05, 0) is 98.9 Å². The second-order valence-electron chi connectivity index (χ2n) is 9.97. The van der Waals surface area contributed by atoms with E-state index >= 15 is 0 Å². The van der Waals surface area contributed by atoms with Crippen LogP contribution in [0, 0.1) is 5.13 Å². The van der Waals surface area contributed by atoms with Gasteiger partial charge >= 0.3 is 0 Å². The monoisotopic (exact) mass is 522 g/mol. The summed E-state index contributed by atoms with van der Waals surface area (Å²) in [7, 11) is 0. The summed E-state index contributed by atoms with van der Waals surface area (Å²) in [6, 6.07) is 15.9. The number of H-pyrrole nitrogens is 2. The van der Waals surface area contributed by atoms with E-state index in [1.54, 1.807) is 6.20 Å². The number of pyridine rings is 2. The predicted molar refractivity (Wildman–Crippen MR) is 152 cm³/mol. The number of aryl methyl sites for hydroxylation is 1. The molecule has 6 heterocycles. The smallest absolute Gasteiger partial charge is 0.176 e. The van der Waals surface area contributed by atoms with Crippen molar-refractivity contribution in [1.29, 1.82) is 0 Å². The highest BCUT2D eigenvalue weighted by Gasteiger charge is 2.16. The third kappa shape index (κ3) is 4.40. The van der Waals surface area contributed by atoms with Crippen molar-refractivity contribution in [3.63, 3.8) is 0 Å². The van der Waals surface area contributed by atoms with Crippen molar-refractivity contribution in [3.8, 4) is 33.0 Å². The molecule has 7 rings (SSSR count). The number of hydrogen-bond donors (Lipinski definition) is 2. The lowest BCUT2D eigenvalue weighted by molar-refractivity contribution is 0.334. The average Bonchev–Trinajstić information content (AvgIpc) is 3.74. The van der Waals surface area contributed by atoms with Gasteiger partial charge in [-0.1, -0.05) is 6.07 Å². The Balaban J connectivity index is 1.20. The molecule has 6 aromatic rings. The number of rotatable bonds is 7. The number of nitrogens with zero attached hydrogens (tertiary/aromatic N) is 4. The molecule has 0 amide bonds. The molecule has 0 spiro atoms.